The minimum Gasteiger partial charge on any atom is -0.501 e. The van der Waals surface area contributed by atoms with Gasteiger partial charge in [0.15, 0.2) is 5.65 Å². The number of hydrogen-bond acceptors (Lipinski definition) is 4. The maximum Gasteiger partial charge on any atom is 0.168 e. The minimum absolute atomic E-state index is 0. The van der Waals surface area contributed by atoms with Crippen LogP contribution in [0.3, 0.4) is 0 Å². The molecular weight excluding hydrogens is 836 g/mol. The first-order valence-corrected chi connectivity index (χ1v) is 17.6. The van der Waals surface area contributed by atoms with Crippen molar-refractivity contribution in [2.75, 3.05) is 0 Å². The summed E-state index contributed by atoms with van der Waals surface area (Å²) in [5.74, 6) is 1.11. The van der Waals surface area contributed by atoms with E-state index in [9.17, 15) is 4.39 Å². The first kappa shape index (κ1) is 33.8. The van der Waals surface area contributed by atoms with Crippen molar-refractivity contribution in [3.8, 4) is 28.3 Å². The smallest absolute Gasteiger partial charge is 0.168 e. The van der Waals surface area contributed by atoms with Crippen LogP contribution in [0.1, 0.15) is 86.8 Å². The SMILES string of the molecule is CC(C)c1cccc(C(C)C)c1-n1c(-c2[c-]ccc3c2oc2ccccc23)nc2nc(C(C)(C)C)ccc21.[2H]C([2H])([2H])c1ccc(-c2[c-]cc(F)cc2)nc1.[Ir]. The van der Waals surface area contributed by atoms with E-state index in [1.165, 1.54) is 41.2 Å². The number of halogens is 1. The van der Waals surface area contributed by atoms with E-state index in [-0.39, 0.29) is 36.9 Å². The third-order valence-electron chi connectivity index (χ3n) is 9.23. The number of furan rings is 1. The molecule has 8 aromatic rings. The van der Waals surface area contributed by atoms with Crippen LogP contribution in [0, 0.1) is 24.8 Å². The average molecular weight is 882 g/mol. The molecule has 4 heterocycles. The molecule has 0 saturated heterocycles. The Hall–Kier alpha value is -4.97. The van der Waals surface area contributed by atoms with Crippen molar-refractivity contribution in [1.82, 2.24) is 19.5 Å². The molecule has 4 aromatic carbocycles. The molecular formula is C46H43FIrN4O-2. The summed E-state index contributed by atoms with van der Waals surface area (Å²) in [6.07, 6.45) is 1.31. The predicted molar refractivity (Wildman–Crippen MR) is 210 cm³/mol. The molecule has 4 aromatic heterocycles. The summed E-state index contributed by atoms with van der Waals surface area (Å²) in [5.41, 5.74) is 10.3. The average Bonchev–Trinajstić information content (AvgIpc) is 3.73. The predicted octanol–water partition coefficient (Wildman–Crippen LogP) is 12.3. The van der Waals surface area contributed by atoms with Crippen LogP contribution in [-0.2, 0) is 25.5 Å². The van der Waals surface area contributed by atoms with Gasteiger partial charge in [0.2, 0.25) is 0 Å². The Labute approximate surface area is 328 Å². The third kappa shape index (κ3) is 7.46. The number of rotatable bonds is 5. The molecule has 0 amide bonds. The molecule has 0 bridgehead atoms. The van der Waals surface area contributed by atoms with Crippen molar-refractivity contribution in [2.45, 2.75) is 72.6 Å². The molecule has 53 heavy (non-hydrogen) atoms. The molecule has 0 fully saturated rings. The van der Waals surface area contributed by atoms with E-state index in [0.717, 1.165) is 50.2 Å². The number of fused-ring (bicyclic) bond motifs is 4. The first-order chi connectivity index (χ1) is 26.1. The van der Waals surface area contributed by atoms with Gasteiger partial charge in [-0.1, -0.05) is 108 Å². The Morgan fingerprint density at radius 2 is 1.57 bits per heavy atom. The monoisotopic (exact) mass is 882 g/mol. The van der Waals surface area contributed by atoms with E-state index >= 15 is 0 Å². The van der Waals surface area contributed by atoms with Crippen LogP contribution in [0.4, 0.5) is 4.39 Å². The fraction of sp³-hybridized carbons (Fsp3) is 0.239. The van der Waals surface area contributed by atoms with Gasteiger partial charge < -0.3 is 14.0 Å². The third-order valence-corrected chi connectivity index (χ3v) is 9.23. The zero-order valence-corrected chi connectivity index (χ0v) is 33.3. The zero-order valence-electron chi connectivity index (χ0n) is 33.9. The Bertz CT molecular complexity index is 2610. The molecule has 0 aliphatic heterocycles. The molecule has 0 saturated carbocycles. The van der Waals surface area contributed by atoms with Crippen molar-refractivity contribution in [1.29, 1.82) is 0 Å². The standard InChI is InChI=1S/C34H34N3O.C12H9FN.Ir/c1-20(2)22-13-10-14-23(21(3)4)30(22)37-27-18-19-29(34(5,6)7)35-32(27)36-33(37)26-16-11-15-25-24-12-8-9-17-28(24)38-31(25)26;1-9-2-7-12(14-8-9)10-3-5-11(13)6-4-10;/h8-15,17-21H,1-7H3;2-3,5-8H,1H3;/q2*-1;/i;1D3;. The second kappa shape index (κ2) is 15.2. The summed E-state index contributed by atoms with van der Waals surface area (Å²) < 4.78 is 43.1. The summed E-state index contributed by atoms with van der Waals surface area (Å²) in [6.45, 7) is 13.4. The van der Waals surface area contributed by atoms with Crippen LogP contribution in [0.5, 0.6) is 0 Å². The van der Waals surface area contributed by atoms with Crippen LogP contribution in [0.25, 0.3) is 61.4 Å². The Kier molecular flexibility index (Phi) is 9.69. The van der Waals surface area contributed by atoms with Gasteiger partial charge in [-0.2, -0.15) is 0 Å². The number of imidazole rings is 1. The van der Waals surface area contributed by atoms with Crippen molar-refractivity contribution < 1.29 is 33.0 Å². The van der Waals surface area contributed by atoms with Gasteiger partial charge >= 0.3 is 0 Å². The maximum atomic E-state index is 12.7. The van der Waals surface area contributed by atoms with E-state index in [4.69, 9.17) is 18.5 Å². The summed E-state index contributed by atoms with van der Waals surface area (Å²) in [6, 6.07) is 36.6. The molecule has 0 spiro atoms. The summed E-state index contributed by atoms with van der Waals surface area (Å²) in [4.78, 5) is 14.3. The summed E-state index contributed by atoms with van der Waals surface area (Å²) in [7, 11) is 0. The number of pyridine rings is 2. The van der Waals surface area contributed by atoms with E-state index in [1.54, 1.807) is 12.1 Å². The second-order valence-electron chi connectivity index (χ2n) is 14.7. The molecule has 5 nitrogen and oxygen atoms in total. The topological polar surface area (TPSA) is 56.7 Å². The molecule has 0 N–H and O–H groups in total. The molecule has 271 valence electrons. The van der Waals surface area contributed by atoms with Gasteiger partial charge in [-0.25, -0.2) is 4.98 Å². The van der Waals surface area contributed by atoms with Crippen LogP contribution in [0.15, 0.2) is 108 Å². The van der Waals surface area contributed by atoms with E-state index < -0.39 is 6.85 Å². The number of nitrogens with zero attached hydrogens (tertiary/aromatic N) is 4. The van der Waals surface area contributed by atoms with Crippen LogP contribution >= 0.6 is 0 Å². The number of aryl methyl sites for hydroxylation is 1. The van der Waals surface area contributed by atoms with Gasteiger partial charge in [0.05, 0.1) is 16.9 Å². The zero-order chi connectivity index (χ0) is 39.2. The van der Waals surface area contributed by atoms with Crippen molar-refractivity contribution in [2.24, 2.45) is 0 Å². The fourth-order valence-corrected chi connectivity index (χ4v) is 6.52. The van der Waals surface area contributed by atoms with Gasteiger partial charge in [0.25, 0.3) is 0 Å². The molecule has 0 atom stereocenters. The maximum absolute atomic E-state index is 12.7. The fourth-order valence-electron chi connectivity index (χ4n) is 6.52. The summed E-state index contributed by atoms with van der Waals surface area (Å²) >= 11 is 0. The molecule has 0 aliphatic carbocycles. The first-order valence-electron chi connectivity index (χ1n) is 19.1. The van der Waals surface area contributed by atoms with Gasteiger partial charge in [-0.3, -0.25) is 9.37 Å². The van der Waals surface area contributed by atoms with Gasteiger partial charge in [0.1, 0.15) is 5.58 Å². The second-order valence-corrected chi connectivity index (χ2v) is 14.7. The number of hydrogen-bond donors (Lipinski definition) is 0. The summed E-state index contributed by atoms with van der Waals surface area (Å²) in [5, 5.41) is 2.16. The van der Waals surface area contributed by atoms with Crippen LogP contribution in [0.2, 0.25) is 0 Å². The quantitative estimate of drug-likeness (QED) is 0.162. The van der Waals surface area contributed by atoms with Crippen molar-refractivity contribution in [3.63, 3.8) is 0 Å². The number of para-hydroxylation sites is 2. The largest absolute Gasteiger partial charge is 0.501 e. The van der Waals surface area contributed by atoms with Crippen molar-refractivity contribution in [3.05, 3.63) is 144 Å². The van der Waals surface area contributed by atoms with Gasteiger partial charge in [-0.15, -0.1) is 48.0 Å². The Morgan fingerprint density at radius 3 is 2.21 bits per heavy atom. The molecule has 8 rings (SSSR count). The molecule has 0 aliphatic rings. The van der Waals surface area contributed by atoms with E-state index in [2.05, 4.69) is 119 Å². The van der Waals surface area contributed by atoms with Gasteiger partial charge in [-0.05, 0) is 59.3 Å². The minimum atomic E-state index is -2.15. The normalized spacial score (nSPS) is 12.8. The molecule has 7 heteroatoms. The van der Waals surface area contributed by atoms with Crippen molar-refractivity contribution >= 4 is 33.1 Å². The van der Waals surface area contributed by atoms with Crippen LogP contribution in [-0.4, -0.2) is 19.5 Å². The van der Waals surface area contributed by atoms with Crippen LogP contribution < -0.4 is 0 Å². The van der Waals surface area contributed by atoms with E-state index in [1.807, 2.05) is 18.2 Å². The number of aromatic nitrogens is 4. The molecule has 1 radical (unpaired) electrons. The molecule has 0 unspecified atom stereocenters. The Balaban J connectivity index is 0.000000248. The number of benzene rings is 4. The van der Waals surface area contributed by atoms with Gasteiger partial charge in [0, 0.05) is 58.4 Å². The van der Waals surface area contributed by atoms with E-state index in [0.29, 0.717) is 23.1 Å². The Morgan fingerprint density at radius 1 is 0.811 bits per heavy atom.